The number of benzene rings is 1. The van der Waals surface area contributed by atoms with Crippen LogP contribution in [-0.2, 0) is 14.3 Å². The number of rotatable bonds is 7. The van der Waals surface area contributed by atoms with Gasteiger partial charge in [0.15, 0.2) is 11.7 Å². The number of esters is 1. The Bertz CT molecular complexity index is 629. The fourth-order valence-corrected chi connectivity index (χ4v) is 3.16. The van der Waals surface area contributed by atoms with Gasteiger partial charge >= 0.3 is 5.97 Å². The van der Waals surface area contributed by atoms with E-state index in [1.54, 1.807) is 25.1 Å². The topological polar surface area (TPSA) is 65.0 Å². The molecule has 1 fully saturated rings. The summed E-state index contributed by atoms with van der Waals surface area (Å²) in [6.07, 6.45) is 3.35. The Morgan fingerprint density at radius 1 is 1.54 bits per heavy atom. The maximum absolute atomic E-state index is 12.7. The number of halogens is 2. The van der Waals surface area contributed by atoms with Gasteiger partial charge in [0.2, 0.25) is 0 Å². The molecule has 0 aromatic heterocycles. The Kier molecular flexibility index (Phi) is 7.40. The maximum atomic E-state index is 12.7. The Morgan fingerprint density at radius 3 is 2.96 bits per heavy atom. The van der Waals surface area contributed by atoms with Crippen LogP contribution in [0.15, 0.2) is 27.7 Å². The Labute approximate surface area is 154 Å². The van der Waals surface area contributed by atoms with Crippen LogP contribution in [0.1, 0.15) is 30.1 Å². The lowest BCUT2D eigenvalue weighted by Gasteiger charge is -2.12. The number of carbonyl (C=O) groups excluding carboxylic acids is 2. The first-order chi connectivity index (χ1) is 11.5. The molecule has 5 nitrogen and oxygen atoms in total. The molecule has 0 aliphatic carbocycles. The van der Waals surface area contributed by atoms with Crippen LogP contribution in [0.5, 0.6) is 0 Å². The standard InChI is InChI=1S/C17H19BrClNO4/c1-2-23-17(22)14(10-20-9-12-4-3-7-24-12)16(21)13-6-5-11(18)8-15(13)19/h5-6,8,10,12,14H,2-4,7,9H2,1H3. The molecule has 2 rings (SSSR count). The quantitative estimate of drug-likeness (QED) is 0.294. The van der Waals surface area contributed by atoms with Crippen molar-refractivity contribution in [2.75, 3.05) is 19.8 Å². The van der Waals surface area contributed by atoms with Crippen molar-refractivity contribution in [3.63, 3.8) is 0 Å². The van der Waals surface area contributed by atoms with Crippen LogP contribution < -0.4 is 0 Å². The second-order valence-corrected chi connectivity index (χ2v) is 6.69. The summed E-state index contributed by atoms with van der Waals surface area (Å²) < 4.78 is 11.2. The third kappa shape index (κ3) is 5.13. The van der Waals surface area contributed by atoms with Gasteiger partial charge in [0.1, 0.15) is 0 Å². The highest BCUT2D eigenvalue weighted by Crippen LogP contribution is 2.24. The number of carbonyl (C=O) groups is 2. The molecule has 130 valence electrons. The highest BCUT2D eigenvalue weighted by molar-refractivity contribution is 9.10. The Balaban J connectivity index is 2.16. The summed E-state index contributed by atoms with van der Waals surface area (Å²) in [6, 6.07) is 4.89. The van der Waals surface area contributed by atoms with Crippen molar-refractivity contribution in [3.8, 4) is 0 Å². The van der Waals surface area contributed by atoms with E-state index in [9.17, 15) is 9.59 Å². The lowest BCUT2D eigenvalue weighted by Crippen LogP contribution is -2.28. The first-order valence-corrected chi connectivity index (χ1v) is 8.97. The van der Waals surface area contributed by atoms with Crippen molar-refractivity contribution < 1.29 is 19.1 Å². The average molecular weight is 417 g/mol. The van der Waals surface area contributed by atoms with Gasteiger partial charge in [-0.3, -0.25) is 14.6 Å². The molecule has 1 aromatic rings. The first-order valence-electron chi connectivity index (χ1n) is 7.80. The zero-order chi connectivity index (χ0) is 17.5. The third-order valence-corrected chi connectivity index (χ3v) is 4.41. The Hall–Kier alpha value is -1.24. The molecule has 1 aliphatic heterocycles. The number of nitrogens with zero attached hydrogens (tertiary/aromatic N) is 1. The van der Waals surface area contributed by atoms with E-state index in [4.69, 9.17) is 21.1 Å². The first kappa shape index (κ1) is 19.1. The molecule has 1 aliphatic rings. The molecule has 1 heterocycles. The summed E-state index contributed by atoms with van der Waals surface area (Å²) in [4.78, 5) is 29.1. The minimum Gasteiger partial charge on any atom is -0.465 e. The fourth-order valence-electron chi connectivity index (χ4n) is 2.40. The molecule has 1 aromatic carbocycles. The highest BCUT2D eigenvalue weighted by atomic mass is 79.9. The van der Waals surface area contributed by atoms with Gasteiger partial charge in [0.05, 0.1) is 24.3 Å². The van der Waals surface area contributed by atoms with E-state index in [1.165, 1.54) is 6.21 Å². The molecule has 0 amide bonds. The van der Waals surface area contributed by atoms with Gasteiger partial charge in [0, 0.05) is 22.9 Å². The van der Waals surface area contributed by atoms with E-state index in [1.807, 2.05) is 0 Å². The van der Waals surface area contributed by atoms with Crippen LogP contribution in [0.2, 0.25) is 5.02 Å². The second kappa shape index (κ2) is 9.30. The number of aliphatic imine (C=N–C) groups is 1. The predicted molar refractivity (Wildman–Crippen MR) is 95.9 cm³/mol. The minimum atomic E-state index is -1.11. The molecule has 0 saturated carbocycles. The second-order valence-electron chi connectivity index (χ2n) is 5.37. The summed E-state index contributed by atoms with van der Waals surface area (Å²) >= 11 is 9.41. The number of hydrogen-bond donors (Lipinski definition) is 0. The van der Waals surface area contributed by atoms with Crippen molar-refractivity contribution in [1.82, 2.24) is 0 Å². The van der Waals surface area contributed by atoms with Crippen LogP contribution in [0.25, 0.3) is 0 Å². The van der Waals surface area contributed by atoms with Gasteiger partial charge in [-0.15, -0.1) is 0 Å². The van der Waals surface area contributed by atoms with E-state index in [2.05, 4.69) is 20.9 Å². The molecular formula is C17H19BrClNO4. The molecular weight excluding hydrogens is 398 g/mol. The summed E-state index contributed by atoms with van der Waals surface area (Å²) in [6.45, 7) is 3.04. The zero-order valence-electron chi connectivity index (χ0n) is 13.3. The zero-order valence-corrected chi connectivity index (χ0v) is 15.7. The van der Waals surface area contributed by atoms with Gasteiger partial charge in [-0.05, 0) is 38.0 Å². The van der Waals surface area contributed by atoms with Crippen molar-refractivity contribution >= 4 is 45.5 Å². The van der Waals surface area contributed by atoms with E-state index < -0.39 is 17.7 Å². The van der Waals surface area contributed by atoms with E-state index in [0.29, 0.717) is 6.54 Å². The molecule has 24 heavy (non-hydrogen) atoms. The lowest BCUT2D eigenvalue weighted by molar-refractivity contribution is -0.143. The van der Waals surface area contributed by atoms with Gasteiger partial charge in [-0.2, -0.15) is 0 Å². The smallest absolute Gasteiger partial charge is 0.322 e. The fraction of sp³-hybridized carbons (Fsp3) is 0.471. The number of ether oxygens (including phenoxy) is 2. The van der Waals surface area contributed by atoms with Crippen LogP contribution in [0.4, 0.5) is 0 Å². The highest BCUT2D eigenvalue weighted by Gasteiger charge is 2.29. The van der Waals surface area contributed by atoms with Gasteiger partial charge in [-0.25, -0.2) is 0 Å². The average Bonchev–Trinajstić information content (AvgIpc) is 3.04. The molecule has 2 unspecified atom stereocenters. The van der Waals surface area contributed by atoms with Crippen LogP contribution >= 0.6 is 27.5 Å². The normalized spacial score (nSPS) is 18.7. The maximum Gasteiger partial charge on any atom is 0.322 e. The van der Waals surface area contributed by atoms with Crippen LogP contribution in [0, 0.1) is 5.92 Å². The number of Topliss-reactive ketones (excluding diaryl/α,β-unsaturated/α-hetero) is 1. The molecule has 2 atom stereocenters. The van der Waals surface area contributed by atoms with E-state index >= 15 is 0 Å². The molecule has 1 saturated heterocycles. The summed E-state index contributed by atoms with van der Waals surface area (Å²) in [5.74, 6) is -2.16. The van der Waals surface area contributed by atoms with Gasteiger partial charge in [-0.1, -0.05) is 27.5 Å². The monoisotopic (exact) mass is 415 g/mol. The molecule has 0 N–H and O–H groups in total. The van der Waals surface area contributed by atoms with Crippen LogP contribution in [0.3, 0.4) is 0 Å². The SMILES string of the molecule is CCOC(=O)C(C=NCC1CCCO1)C(=O)c1ccc(Br)cc1Cl. The van der Waals surface area contributed by atoms with Crippen LogP contribution in [-0.4, -0.2) is 43.8 Å². The molecule has 0 bridgehead atoms. The minimum absolute atomic E-state index is 0.0514. The number of hydrogen-bond acceptors (Lipinski definition) is 5. The molecule has 0 radical (unpaired) electrons. The van der Waals surface area contributed by atoms with Gasteiger partial charge < -0.3 is 9.47 Å². The largest absolute Gasteiger partial charge is 0.465 e. The lowest BCUT2D eigenvalue weighted by atomic mass is 9.98. The van der Waals surface area contributed by atoms with Gasteiger partial charge in [0.25, 0.3) is 0 Å². The van der Waals surface area contributed by atoms with Crippen molar-refractivity contribution in [3.05, 3.63) is 33.3 Å². The van der Waals surface area contributed by atoms with Crippen molar-refractivity contribution in [2.45, 2.75) is 25.9 Å². The summed E-state index contributed by atoms with van der Waals surface area (Å²) in [7, 11) is 0. The summed E-state index contributed by atoms with van der Waals surface area (Å²) in [5, 5.41) is 0.274. The predicted octanol–water partition coefficient (Wildman–Crippen LogP) is 3.71. The number of ketones is 1. The summed E-state index contributed by atoms with van der Waals surface area (Å²) in [5.41, 5.74) is 0.265. The third-order valence-electron chi connectivity index (χ3n) is 3.61. The van der Waals surface area contributed by atoms with Crippen molar-refractivity contribution in [2.24, 2.45) is 10.9 Å². The molecule has 7 heteroatoms. The molecule has 0 spiro atoms. The van der Waals surface area contributed by atoms with Crippen molar-refractivity contribution in [1.29, 1.82) is 0 Å². The van der Waals surface area contributed by atoms with E-state index in [-0.39, 0.29) is 23.3 Å². The Morgan fingerprint density at radius 2 is 2.33 bits per heavy atom. The van der Waals surface area contributed by atoms with E-state index in [0.717, 1.165) is 23.9 Å².